The van der Waals surface area contributed by atoms with E-state index in [0.29, 0.717) is 10.9 Å². The fourth-order valence-corrected chi connectivity index (χ4v) is 2.67. The Hall–Kier alpha value is -1.47. The number of rotatable bonds is 5. The minimum atomic E-state index is 0.398. The van der Waals surface area contributed by atoms with E-state index in [2.05, 4.69) is 37.3 Å². The molecular formula is C17H19ClO. The summed E-state index contributed by atoms with van der Waals surface area (Å²) in [6.07, 6.45) is 2.26. The summed E-state index contributed by atoms with van der Waals surface area (Å²) < 4.78 is 5.21. The molecule has 2 heteroatoms. The van der Waals surface area contributed by atoms with Gasteiger partial charge in [0.1, 0.15) is 5.75 Å². The van der Waals surface area contributed by atoms with Gasteiger partial charge in [0.2, 0.25) is 0 Å². The van der Waals surface area contributed by atoms with E-state index >= 15 is 0 Å². The molecule has 100 valence electrons. The summed E-state index contributed by atoms with van der Waals surface area (Å²) >= 11 is 6.24. The predicted octanol–water partition coefficient (Wildman–Crippen LogP) is 5.28. The second-order valence-corrected chi connectivity index (χ2v) is 5.05. The van der Waals surface area contributed by atoms with Gasteiger partial charge in [-0.1, -0.05) is 61.3 Å². The van der Waals surface area contributed by atoms with Crippen LogP contribution in [0, 0.1) is 0 Å². The van der Waals surface area contributed by atoms with E-state index in [1.54, 1.807) is 7.11 Å². The van der Waals surface area contributed by atoms with Crippen molar-refractivity contribution in [2.24, 2.45) is 0 Å². The highest BCUT2D eigenvalue weighted by molar-refractivity contribution is 6.32. The highest BCUT2D eigenvalue weighted by Gasteiger charge is 2.14. The zero-order valence-electron chi connectivity index (χ0n) is 11.4. The van der Waals surface area contributed by atoms with Crippen LogP contribution in [0.25, 0.3) is 0 Å². The third-order valence-electron chi connectivity index (χ3n) is 3.36. The van der Waals surface area contributed by atoms with Crippen molar-refractivity contribution < 1.29 is 4.74 Å². The Morgan fingerprint density at radius 1 is 1.05 bits per heavy atom. The Bertz CT molecular complexity index is 522. The molecule has 0 aliphatic carbocycles. The van der Waals surface area contributed by atoms with Gasteiger partial charge in [-0.2, -0.15) is 0 Å². The molecule has 1 atom stereocenters. The number of halogens is 1. The highest BCUT2D eigenvalue weighted by atomic mass is 35.5. The molecule has 1 nitrogen and oxygen atoms in total. The normalized spacial score (nSPS) is 12.2. The van der Waals surface area contributed by atoms with Gasteiger partial charge in [0.15, 0.2) is 0 Å². The van der Waals surface area contributed by atoms with Gasteiger partial charge >= 0.3 is 0 Å². The Kier molecular flexibility index (Phi) is 4.86. The molecule has 0 amide bonds. The lowest BCUT2D eigenvalue weighted by molar-refractivity contribution is 0.415. The molecule has 0 aromatic heterocycles. The van der Waals surface area contributed by atoms with E-state index in [1.807, 2.05) is 18.2 Å². The lowest BCUT2D eigenvalue weighted by Crippen LogP contribution is -2.01. The maximum atomic E-state index is 6.24. The minimum absolute atomic E-state index is 0.398. The highest BCUT2D eigenvalue weighted by Crippen LogP contribution is 2.33. The van der Waals surface area contributed by atoms with Gasteiger partial charge in [-0.15, -0.1) is 0 Å². The molecular weight excluding hydrogens is 256 g/mol. The van der Waals surface area contributed by atoms with Crippen LogP contribution in [-0.4, -0.2) is 7.11 Å². The number of hydrogen-bond acceptors (Lipinski definition) is 1. The lowest BCUT2D eigenvalue weighted by atomic mass is 9.88. The van der Waals surface area contributed by atoms with E-state index in [-0.39, 0.29) is 0 Å². The SMILES string of the molecule is CCCC(c1ccccc1)c1ccc(OC)c(Cl)c1. The Morgan fingerprint density at radius 3 is 2.37 bits per heavy atom. The van der Waals surface area contributed by atoms with Crippen molar-refractivity contribution in [1.29, 1.82) is 0 Å². The van der Waals surface area contributed by atoms with Crippen molar-refractivity contribution in [3.8, 4) is 5.75 Å². The van der Waals surface area contributed by atoms with E-state index in [4.69, 9.17) is 16.3 Å². The first kappa shape index (κ1) is 14.0. The molecule has 0 saturated carbocycles. The second kappa shape index (κ2) is 6.63. The monoisotopic (exact) mass is 274 g/mol. The molecule has 2 aromatic carbocycles. The largest absolute Gasteiger partial charge is 0.495 e. The van der Waals surface area contributed by atoms with Crippen molar-refractivity contribution >= 4 is 11.6 Å². The maximum Gasteiger partial charge on any atom is 0.137 e. The van der Waals surface area contributed by atoms with Crippen LogP contribution in [0.4, 0.5) is 0 Å². The summed E-state index contributed by atoms with van der Waals surface area (Å²) in [7, 11) is 1.64. The molecule has 0 bridgehead atoms. The summed E-state index contributed by atoms with van der Waals surface area (Å²) in [5.74, 6) is 1.13. The summed E-state index contributed by atoms with van der Waals surface area (Å²) in [5.41, 5.74) is 2.59. The summed E-state index contributed by atoms with van der Waals surface area (Å²) in [6, 6.07) is 16.7. The zero-order valence-corrected chi connectivity index (χ0v) is 12.2. The first-order valence-electron chi connectivity index (χ1n) is 6.64. The first-order valence-corrected chi connectivity index (χ1v) is 7.02. The number of benzene rings is 2. The third kappa shape index (κ3) is 3.30. The van der Waals surface area contributed by atoms with Crippen LogP contribution in [0.5, 0.6) is 5.75 Å². The lowest BCUT2D eigenvalue weighted by Gasteiger charge is -2.18. The van der Waals surface area contributed by atoms with Crippen LogP contribution < -0.4 is 4.74 Å². The summed E-state index contributed by atoms with van der Waals surface area (Å²) in [5, 5.41) is 0.678. The topological polar surface area (TPSA) is 9.23 Å². The molecule has 0 aliphatic heterocycles. The van der Waals surface area contributed by atoms with E-state index in [9.17, 15) is 0 Å². The maximum absolute atomic E-state index is 6.24. The van der Waals surface area contributed by atoms with Gasteiger partial charge in [-0.05, 0) is 29.7 Å². The number of hydrogen-bond donors (Lipinski definition) is 0. The van der Waals surface area contributed by atoms with Crippen LogP contribution in [0.2, 0.25) is 5.02 Å². The Balaban J connectivity index is 2.37. The van der Waals surface area contributed by atoms with Crippen LogP contribution in [0.3, 0.4) is 0 Å². The molecule has 0 saturated heterocycles. The summed E-state index contributed by atoms with van der Waals surface area (Å²) in [4.78, 5) is 0. The van der Waals surface area contributed by atoms with Crippen LogP contribution >= 0.6 is 11.6 Å². The van der Waals surface area contributed by atoms with Crippen LogP contribution in [0.1, 0.15) is 36.8 Å². The molecule has 19 heavy (non-hydrogen) atoms. The number of ether oxygens (including phenoxy) is 1. The van der Waals surface area contributed by atoms with Crippen molar-refractivity contribution in [1.82, 2.24) is 0 Å². The van der Waals surface area contributed by atoms with E-state index < -0.39 is 0 Å². The van der Waals surface area contributed by atoms with Gasteiger partial charge < -0.3 is 4.74 Å². The molecule has 1 unspecified atom stereocenters. The standard InChI is InChI=1S/C17H19ClO/c1-3-7-15(13-8-5-4-6-9-13)14-10-11-17(19-2)16(18)12-14/h4-6,8-12,15H,3,7H2,1-2H3. The van der Waals surface area contributed by atoms with Gasteiger partial charge in [-0.3, -0.25) is 0 Å². The fourth-order valence-electron chi connectivity index (χ4n) is 2.40. The van der Waals surface area contributed by atoms with Gasteiger partial charge in [-0.25, -0.2) is 0 Å². The van der Waals surface area contributed by atoms with Crippen LogP contribution in [0.15, 0.2) is 48.5 Å². The van der Waals surface area contributed by atoms with Gasteiger partial charge in [0, 0.05) is 5.92 Å². The second-order valence-electron chi connectivity index (χ2n) is 4.65. The van der Waals surface area contributed by atoms with Crippen molar-refractivity contribution in [2.45, 2.75) is 25.7 Å². The smallest absolute Gasteiger partial charge is 0.137 e. The van der Waals surface area contributed by atoms with Crippen molar-refractivity contribution in [3.05, 3.63) is 64.7 Å². The molecule has 0 heterocycles. The Morgan fingerprint density at radius 2 is 1.79 bits per heavy atom. The molecule has 0 spiro atoms. The Labute approximate surface area is 120 Å². The molecule has 2 rings (SSSR count). The molecule has 0 fully saturated rings. The first-order chi connectivity index (χ1) is 9.26. The van der Waals surface area contributed by atoms with Crippen molar-refractivity contribution in [2.75, 3.05) is 7.11 Å². The zero-order chi connectivity index (χ0) is 13.7. The van der Waals surface area contributed by atoms with Gasteiger partial charge in [0.25, 0.3) is 0 Å². The van der Waals surface area contributed by atoms with E-state index in [0.717, 1.165) is 18.6 Å². The quantitative estimate of drug-likeness (QED) is 0.721. The molecule has 2 aromatic rings. The predicted molar refractivity (Wildman–Crippen MR) is 81.2 cm³/mol. The average Bonchev–Trinajstić information content (AvgIpc) is 2.45. The fraction of sp³-hybridized carbons (Fsp3) is 0.294. The minimum Gasteiger partial charge on any atom is -0.495 e. The van der Waals surface area contributed by atoms with Crippen molar-refractivity contribution in [3.63, 3.8) is 0 Å². The average molecular weight is 275 g/mol. The molecule has 0 N–H and O–H groups in total. The molecule has 0 radical (unpaired) electrons. The van der Waals surface area contributed by atoms with Gasteiger partial charge in [0.05, 0.1) is 12.1 Å². The number of methoxy groups -OCH3 is 1. The molecule has 0 aliphatic rings. The van der Waals surface area contributed by atoms with Crippen LogP contribution in [-0.2, 0) is 0 Å². The van der Waals surface area contributed by atoms with E-state index in [1.165, 1.54) is 11.1 Å². The summed E-state index contributed by atoms with van der Waals surface area (Å²) in [6.45, 7) is 2.21. The third-order valence-corrected chi connectivity index (χ3v) is 3.65.